The van der Waals surface area contributed by atoms with Crippen molar-refractivity contribution in [1.82, 2.24) is 20.4 Å². The molecule has 0 spiro atoms. The maximum atomic E-state index is 12.1. The zero-order chi connectivity index (χ0) is 17.0. The third-order valence-electron chi connectivity index (χ3n) is 4.47. The van der Waals surface area contributed by atoms with Crippen LogP contribution in [0.3, 0.4) is 0 Å². The number of hydrogen-bond donors (Lipinski definition) is 2. The van der Waals surface area contributed by atoms with E-state index in [9.17, 15) is 4.79 Å². The lowest BCUT2D eigenvalue weighted by atomic mass is 10.3. The molecular weight excluding hydrogens is 433 g/mol. The number of morpholine rings is 1. The molecule has 0 aromatic carbocycles. The van der Waals surface area contributed by atoms with E-state index in [0.29, 0.717) is 0 Å². The fourth-order valence-corrected chi connectivity index (χ4v) is 3.05. The van der Waals surface area contributed by atoms with Crippen LogP contribution < -0.4 is 10.6 Å². The molecule has 2 rings (SSSR count). The molecule has 2 fully saturated rings. The monoisotopic (exact) mass is 467 g/mol. The van der Waals surface area contributed by atoms with Crippen molar-refractivity contribution in [2.24, 2.45) is 4.99 Å². The van der Waals surface area contributed by atoms with Crippen molar-refractivity contribution < 1.29 is 9.53 Å². The molecule has 2 N–H and O–H groups in total. The summed E-state index contributed by atoms with van der Waals surface area (Å²) in [5.41, 5.74) is 0. The molecule has 0 atom stereocenters. The Morgan fingerprint density at radius 1 is 1.08 bits per heavy atom. The van der Waals surface area contributed by atoms with Gasteiger partial charge in [-0.2, -0.15) is 0 Å². The highest BCUT2D eigenvalue weighted by atomic mass is 127. The molecule has 2 aliphatic heterocycles. The summed E-state index contributed by atoms with van der Waals surface area (Å²) in [5, 5.41) is 6.54. The zero-order valence-electron chi connectivity index (χ0n) is 15.5. The van der Waals surface area contributed by atoms with E-state index in [4.69, 9.17) is 4.74 Å². The number of likely N-dealkylation sites (tertiary alicyclic amines) is 1. The van der Waals surface area contributed by atoms with Gasteiger partial charge in [0.2, 0.25) is 5.91 Å². The number of nitrogens with zero attached hydrogens (tertiary/aromatic N) is 3. The number of carbonyl (C=O) groups is 1. The summed E-state index contributed by atoms with van der Waals surface area (Å²) in [7, 11) is 0. The summed E-state index contributed by atoms with van der Waals surface area (Å²) in [6.07, 6.45) is 4.51. The van der Waals surface area contributed by atoms with Gasteiger partial charge in [0.25, 0.3) is 0 Å². The van der Waals surface area contributed by atoms with Crippen LogP contribution in [0.2, 0.25) is 0 Å². The molecule has 0 radical (unpaired) electrons. The minimum atomic E-state index is 0. The second kappa shape index (κ2) is 13.6. The molecule has 146 valence electrons. The Morgan fingerprint density at radius 2 is 1.80 bits per heavy atom. The molecule has 2 saturated heterocycles. The Kier molecular flexibility index (Phi) is 12.2. The first-order valence-electron chi connectivity index (χ1n) is 9.39. The summed E-state index contributed by atoms with van der Waals surface area (Å²) in [4.78, 5) is 20.8. The van der Waals surface area contributed by atoms with Crippen LogP contribution in [-0.4, -0.2) is 87.2 Å². The molecule has 0 saturated carbocycles. The second-order valence-electron chi connectivity index (χ2n) is 6.37. The molecule has 0 aromatic rings. The second-order valence-corrected chi connectivity index (χ2v) is 6.37. The lowest BCUT2D eigenvalue weighted by Crippen LogP contribution is -2.40. The lowest BCUT2D eigenvalue weighted by molar-refractivity contribution is -0.128. The first-order chi connectivity index (χ1) is 11.8. The standard InChI is InChI=1S/C17H33N5O2.HI/c1-2-18-17(20-15-16(23)22-9-5-6-10-22)19-7-3-4-8-21-11-13-24-14-12-21;/h2-15H2,1H3,(H2,18,19,20);1H. The van der Waals surface area contributed by atoms with E-state index in [1.807, 2.05) is 11.8 Å². The Balaban J connectivity index is 0.00000312. The van der Waals surface area contributed by atoms with Crippen LogP contribution in [0.15, 0.2) is 4.99 Å². The maximum Gasteiger partial charge on any atom is 0.244 e. The van der Waals surface area contributed by atoms with Crippen molar-refractivity contribution in [1.29, 1.82) is 0 Å². The molecule has 0 aliphatic carbocycles. The molecule has 1 amide bonds. The number of amides is 1. The Hall–Kier alpha value is -0.610. The van der Waals surface area contributed by atoms with Gasteiger partial charge in [-0.3, -0.25) is 9.69 Å². The van der Waals surface area contributed by atoms with E-state index < -0.39 is 0 Å². The quantitative estimate of drug-likeness (QED) is 0.240. The summed E-state index contributed by atoms with van der Waals surface area (Å²) in [5.74, 6) is 0.883. The number of aliphatic imine (C=N–C) groups is 1. The molecule has 25 heavy (non-hydrogen) atoms. The fourth-order valence-electron chi connectivity index (χ4n) is 3.05. The Labute approximate surface area is 169 Å². The molecular formula is C17H34IN5O2. The van der Waals surface area contributed by atoms with Gasteiger partial charge in [-0.05, 0) is 39.2 Å². The number of hydrogen-bond acceptors (Lipinski definition) is 4. The summed E-state index contributed by atoms with van der Waals surface area (Å²) < 4.78 is 5.36. The van der Waals surface area contributed by atoms with Gasteiger partial charge in [-0.25, -0.2) is 4.99 Å². The first-order valence-corrected chi connectivity index (χ1v) is 9.39. The highest BCUT2D eigenvalue weighted by Gasteiger charge is 2.17. The van der Waals surface area contributed by atoms with Gasteiger partial charge in [0.1, 0.15) is 6.54 Å². The SMILES string of the molecule is CCNC(=NCC(=O)N1CCCC1)NCCCCN1CCOCC1.I. The number of ether oxygens (including phenoxy) is 1. The topological polar surface area (TPSA) is 69.2 Å². The largest absolute Gasteiger partial charge is 0.379 e. The molecule has 2 heterocycles. The Bertz CT molecular complexity index is 396. The number of carbonyl (C=O) groups excluding carboxylic acids is 1. The van der Waals surface area contributed by atoms with Crippen molar-refractivity contribution in [3.8, 4) is 0 Å². The van der Waals surface area contributed by atoms with E-state index in [1.165, 1.54) is 6.42 Å². The van der Waals surface area contributed by atoms with Gasteiger partial charge in [-0.15, -0.1) is 24.0 Å². The van der Waals surface area contributed by atoms with Crippen molar-refractivity contribution in [2.45, 2.75) is 32.6 Å². The van der Waals surface area contributed by atoms with Crippen LogP contribution in [-0.2, 0) is 9.53 Å². The van der Waals surface area contributed by atoms with Crippen molar-refractivity contribution in [2.75, 3.05) is 65.6 Å². The number of nitrogens with one attached hydrogen (secondary N) is 2. The highest BCUT2D eigenvalue weighted by molar-refractivity contribution is 14.0. The normalized spacial score (nSPS) is 18.8. The van der Waals surface area contributed by atoms with E-state index in [-0.39, 0.29) is 36.4 Å². The van der Waals surface area contributed by atoms with Crippen LogP contribution in [0.25, 0.3) is 0 Å². The maximum absolute atomic E-state index is 12.1. The third kappa shape index (κ3) is 9.05. The Morgan fingerprint density at radius 3 is 2.48 bits per heavy atom. The molecule has 0 bridgehead atoms. The van der Waals surface area contributed by atoms with Crippen molar-refractivity contribution >= 4 is 35.8 Å². The minimum absolute atomic E-state index is 0. The van der Waals surface area contributed by atoms with E-state index in [1.54, 1.807) is 0 Å². The van der Waals surface area contributed by atoms with Gasteiger partial charge in [0.15, 0.2) is 5.96 Å². The van der Waals surface area contributed by atoms with Gasteiger partial charge < -0.3 is 20.3 Å². The number of rotatable bonds is 8. The van der Waals surface area contributed by atoms with Gasteiger partial charge in [0, 0.05) is 39.3 Å². The van der Waals surface area contributed by atoms with Gasteiger partial charge in [0.05, 0.1) is 13.2 Å². The van der Waals surface area contributed by atoms with Gasteiger partial charge >= 0.3 is 0 Å². The van der Waals surface area contributed by atoms with Crippen LogP contribution in [0, 0.1) is 0 Å². The smallest absolute Gasteiger partial charge is 0.244 e. The highest BCUT2D eigenvalue weighted by Crippen LogP contribution is 2.07. The predicted molar refractivity (Wildman–Crippen MR) is 112 cm³/mol. The van der Waals surface area contributed by atoms with Crippen molar-refractivity contribution in [3.63, 3.8) is 0 Å². The number of unbranched alkanes of at least 4 members (excludes halogenated alkanes) is 1. The third-order valence-corrected chi connectivity index (χ3v) is 4.47. The van der Waals surface area contributed by atoms with Gasteiger partial charge in [-0.1, -0.05) is 0 Å². The molecule has 8 heteroatoms. The summed E-state index contributed by atoms with van der Waals surface area (Å²) in [6, 6.07) is 0. The molecule has 7 nitrogen and oxygen atoms in total. The van der Waals surface area contributed by atoms with Crippen LogP contribution in [0.5, 0.6) is 0 Å². The predicted octanol–water partition coefficient (Wildman–Crippen LogP) is 0.894. The minimum Gasteiger partial charge on any atom is -0.379 e. The van der Waals surface area contributed by atoms with E-state index in [2.05, 4.69) is 20.5 Å². The molecule has 0 aromatic heterocycles. The number of guanidine groups is 1. The first kappa shape index (κ1) is 22.4. The van der Waals surface area contributed by atoms with E-state index in [0.717, 1.165) is 84.2 Å². The van der Waals surface area contributed by atoms with Crippen LogP contribution >= 0.6 is 24.0 Å². The van der Waals surface area contributed by atoms with E-state index >= 15 is 0 Å². The zero-order valence-corrected chi connectivity index (χ0v) is 17.8. The average Bonchev–Trinajstić information content (AvgIpc) is 3.14. The molecule has 2 aliphatic rings. The summed E-state index contributed by atoms with van der Waals surface area (Å²) >= 11 is 0. The van der Waals surface area contributed by atoms with Crippen molar-refractivity contribution in [3.05, 3.63) is 0 Å². The summed E-state index contributed by atoms with van der Waals surface area (Å²) in [6.45, 7) is 10.7. The molecule has 0 unspecified atom stereocenters. The van der Waals surface area contributed by atoms with Crippen LogP contribution in [0.1, 0.15) is 32.6 Å². The average molecular weight is 467 g/mol. The lowest BCUT2D eigenvalue weighted by Gasteiger charge is -2.26. The fraction of sp³-hybridized carbons (Fsp3) is 0.882. The number of halogens is 1. The van der Waals surface area contributed by atoms with Crippen LogP contribution in [0.4, 0.5) is 0 Å².